The van der Waals surface area contributed by atoms with Crippen molar-refractivity contribution in [3.05, 3.63) is 98.5 Å². The monoisotopic (exact) mass is 608 g/mol. The zero-order valence-corrected chi connectivity index (χ0v) is 21.9. The van der Waals surface area contributed by atoms with E-state index in [2.05, 4.69) is 9.88 Å². The van der Waals surface area contributed by atoms with E-state index in [4.69, 9.17) is 28.0 Å². The van der Waals surface area contributed by atoms with Crippen molar-refractivity contribution in [2.75, 3.05) is 0 Å². The number of nitrogens with one attached hydrogen (secondary N) is 1. The van der Waals surface area contributed by atoms with Crippen LogP contribution in [0.25, 0.3) is 0 Å². The van der Waals surface area contributed by atoms with Crippen molar-refractivity contribution in [3.63, 3.8) is 0 Å². The molecule has 1 aliphatic rings. The summed E-state index contributed by atoms with van der Waals surface area (Å²) in [4.78, 5) is 17.4. The standard InChI is InChI=1S/C25H16Cl2F6N2O3S/c1-13-7-14(21-12-23(38-34-21,25(31,32)33)16-8-17(26)11-18(27)9-16)5-6-20(13)22(36)35-39(37)19-4-2-3-15(10-19)24(28,29)30/h2-11H,12H2,1H3,(H,35,36). The van der Waals surface area contributed by atoms with Crippen molar-refractivity contribution in [1.82, 2.24) is 4.72 Å². The molecular weight excluding hydrogens is 593 g/mol. The summed E-state index contributed by atoms with van der Waals surface area (Å²) in [5.41, 5.74) is -3.77. The van der Waals surface area contributed by atoms with E-state index in [1.165, 1.54) is 37.3 Å². The lowest BCUT2D eigenvalue weighted by Crippen LogP contribution is -2.42. The predicted molar refractivity (Wildman–Crippen MR) is 133 cm³/mol. The average Bonchev–Trinajstić information content (AvgIpc) is 3.30. The van der Waals surface area contributed by atoms with Crippen LogP contribution in [0.1, 0.15) is 39.0 Å². The fourth-order valence-electron chi connectivity index (χ4n) is 3.93. The minimum Gasteiger partial charge on any atom is -0.588 e. The van der Waals surface area contributed by atoms with Crippen LogP contribution in [0.3, 0.4) is 0 Å². The lowest BCUT2D eigenvalue weighted by atomic mass is 9.86. The third-order valence-corrected chi connectivity index (χ3v) is 7.37. The molecule has 206 valence electrons. The van der Waals surface area contributed by atoms with Gasteiger partial charge in [0.1, 0.15) is 11.4 Å². The molecule has 1 heterocycles. The Hall–Kier alpha value is -2.93. The van der Waals surface area contributed by atoms with Crippen molar-refractivity contribution in [2.45, 2.75) is 36.2 Å². The third-order valence-electron chi connectivity index (χ3n) is 5.88. The molecule has 0 bridgehead atoms. The van der Waals surface area contributed by atoms with Gasteiger partial charge in [-0.05, 0) is 60.5 Å². The molecule has 1 aliphatic heterocycles. The Balaban J connectivity index is 1.55. The highest BCUT2D eigenvalue weighted by atomic mass is 35.5. The number of aryl methyl sites for hydroxylation is 1. The number of hydrogen-bond donors (Lipinski definition) is 1. The van der Waals surface area contributed by atoms with Gasteiger partial charge in [-0.25, -0.2) is 0 Å². The quantitative estimate of drug-likeness (QED) is 0.243. The number of hydrogen-bond acceptors (Lipinski definition) is 4. The van der Waals surface area contributed by atoms with Crippen LogP contribution in [0, 0.1) is 6.92 Å². The molecule has 14 heteroatoms. The molecule has 2 unspecified atom stereocenters. The number of halogens is 8. The molecule has 0 fully saturated rings. The first-order valence-corrected chi connectivity index (χ1v) is 12.8. The number of nitrogens with zero attached hydrogens (tertiary/aromatic N) is 1. The largest absolute Gasteiger partial charge is 0.588 e. The number of alkyl halides is 6. The second kappa shape index (κ2) is 10.6. The molecule has 0 spiro atoms. The minimum atomic E-state index is -4.89. The highest BCUT2D eigenvalue weighted by molar-refractivity contribution is 7.90. The Morgan fingerprint density at radius 3 is 2.28 bits per heavy atom. The summed E-state index contributed by atoms with van der Waals surface area (Å²) in [6, 6.07) is 11.1. The Bertz CT molecular complexity index is 1440. The lowest BCUT2D eigenvalue weighted by Gasteiger charge is -2.29. The van der Waals surface area contributed by atoms with Crippen molar-refractivity contribution in [1.29, 1.82) is 0 Å². The van der Waals surface area contributed by atoms with E-state index < -0.39 is 47.2 Å². The van der Waals surface area contributed by atoms with Crippen LogP contribution in [0.4, 0.5) is 26.3 Å². The maximum Gasteiger partial charge on any atom is 0.435 e. The smallest absolute Gasteiger partial charge is 0.435 e. The molecule has 3 aromatic rings. The summed E-state index contributed by atoms with van der Waals surface area (Å²) in [5.74, 6) is -0.863. The minimum absolute atomic E-state index is 0.00213. The van der Waals surface area contributed by atoms with Crippen LogP contribution >= 0.6 is 23.2 Å². The van der Waals surface area contributed by atoms with Gasteiger partial charge >= 0.3 is 12.4 Å². The SMILES string of the molecule is Cc1cc(C2=NOC(c3cc(Cl)cc(Cl)c3)(C(F)(F)F)C2)ccc1C(=O)N[S+]([O-])c1cccc(C(F)(F)F)c1. The van der Waals surface area contributed by atoms with Crippen LogP contribution in [-0.4, -0.2) is 22.3 Å². The van der Waals surface area contributed by atoms with E-state index in [1.54, 1.807) is 0 Å². The zero-order chi connectivity index (χ0) is 28.8. The van der Waals surface area contributed by atoms with Gasteiger partial charge in [-0.15, -0.1) is 0 Å². The van der Waals surface area contributed by atoms with E-state index in [-0.39, 0.29) is 42.9 Å². The summed E-state index contributed by atoms with van der Waals surface area (Å²) in [6.07, 6.45) is -10.3. The van der Waals surface area contributed by atoms with Gasteiger partial charge in [0, 0.05) is 33.7 Å². The number of carbonyl (C=O) groups excluding carboxylic acids is 1. The van der Waals surface area contributed by atoms with Crippen LogP contribution in [-0.2, 0) is 28.0 Å². The van der Waals surface area contributed by atoms with Gasteiger partial charge in [0.2, 0.25) is 0 Å². The van der Waals surface area contributed by atoms with E-state index in [0.29, 0.717) is 6.07 Å². The van der Waals surface area contributed by atoms with Gasteiger partial charge in [-0.3, -0.25) is 4.79 Å². The summed E-state index contributed by atoms with van der Waals surface area (Å²) >= 11 is 9.51. The highest BCUT2D eigenvalue weighted by Crippen LogP contribution is 2.49. The topological polar surface area (TPSA) is 73.8 Å². The number of carbonyl (C=O) groups is 1. The van der Waals surface area contributed by atoms with Crippen LogP contribution in [0.15, 0.2) is 70.7 Å². The molecule has 0 aromatic heterocycles. The molecule has 1 N–H and O–H groups in total. The molecule has 4 rings (SSSR count). The van der Waals surface area contributed by atoms with E-state index in [1.807, 2.05) is 0 Å². The molecule has 2 atom stereocenters. The molecule has 39 heavy (non-hydrogen) atoms. The lowest BCUT2D eigenvalue weighted by molar-refractivity contribution is -0.275. The number of amides is 1. The van der Waals surface area contributed by atoms with Crippen molar-refractivity contribution >= 4 is 46.2 Å². The van der Waals surface area contributed by atoms with Crippen LogP contribution in [0.2, 0.25) is 10.0 Å². The number of rotatable bonds is 5. The molecule has 0 saturated heterocycles. The molecule has 0 radical (unpaired) electrons. The molecule has 1 amide bonds. The van der Waals surface area contributed by atoms with E-state index in [9.17, 15) is 35.7 Å². The maximum atomic E-state index is 14.2. The van der Waals surface area contributed by atoms with Gasteiger partial charge in [0.15, 0.2) is 4.90 Å². The summed E-state index contributed by atoms with van der Waals surface area (Å²) in [7, 11) is 0. The Morgan fingerprint density at radius 2 is 1.69 bits per heavy atom. The van der Waals surface area contributed by atoms with E-state index >= 15 is 0 Å². The fourth-order valence-corrected chi connectivity index (χ4v) is 5.29. The first-order valence-electron chi connectivity index (χ1n) is 10.9. The second-order valence-electron chi connectivity index (χ2n) is 8.54. The molecule has 0 saturated carbocycles. The van der Waals surface area contributed by atoms with Gasteiger partial charge in [0.05, 0.1) is 11.3 Å². The van der Waals surface area contributed by atoms with Gasteiger partial charge in [0.25, 0.3) is 11.5 Å². The Morgan fingerprint density at radius 1 is 1.03 bits per heavy atom. The molecule has 0 aliphatic carbocycles. The average molecular weight is 609 g/mol. The Labute approximate surface area is 231 Å². The fraction of sp³-hybridized carbons (Fsp3) is 0.200. The van der Waals surface area contributed by atoms with Crippen molar-refractivity contribution < 1.29 is 40.5 Å². The zero-order valence-electron chi connectivity index (χ0n) is 19.6. The first kappa shape index (κ1) is 29.1. The maximum absolute atomic E-state index is 14.2. The van der Waals surface area contributed by atoms with Gasteiger partial charge in [-0.2, -0.15) is 31.1 Å². The normalized spacial score (nSPS) is 18.4. The van der Waals surface area contributed by atoms with Crippen LogP contribution < -0.4 is 4.72 Å². The summed E-state index contributed by atoms with van der Waals surface area (Å²) in [6.45, 7) is 1.48. The molecular formula is C25H16Cl2F6N2O3S. The van der Waals surface area contributed by atoms with E-state index in [0.717, 1.165) is 24.3 Å². The summed E-state index contributed by atoms with van der Waals surface area (Å²) in [5, 5.41) is 3.62. The Kier molecular flexibility index (Phi) is 7.87. The highest BCUT2D eigenvalue weighted by Gasteiger charge is 2.62. The second-order valence-corrected chi connectivity index (χ2v) is 10.6. The van der Waals surface area contributed by atoms with Crippen LogP contribution in [0.5, 0.6) is 0 Å². The number of oxime groups is 1. The van der Waals surface area contributed by atoms with Gasteiger partial charge in [-0.1, -0.05) is 40.5 Å². The number of benzene rings is 3. The third kappa shape index (κ3) is 5.98. The van der Waals surface area contributed by atoms with Crippen molar-refractivity contribution in [2.24, 2.45) is 5.16 Å². The molecule has 3 aromatic carbocycles. The van der Waals surface area contributed by atoms with Gasteiger partial charge < -0.3 is 9.39 Å². The first-order chi connectivity index (χ1) is 18.1. The van der Waals surface area contributed by atoms with Crippen molar-refractivity contribution in [3.8, 4) is 0 Å². The predicted octanol–water partition coefficient (Wildman–Crippen LogP) is 7.36. The molecule has 5 nitrogen and oxygen atoms in total. The summed E-state index contributed by atoms with van der Waals surface area (Å²) < 4.78 is 96.1.